The van der Waals surface area contributed by atoms with Crippen LogP contribution in [0.2, 0.25) is 0 Å². The molecule has 1 aliphatic rings. The van der Waals surface area contributed by atoms with Crippen LogP contribution in [-0.2, 0) is 0 Å². The molecule has 3 aromatic rings. The van der Waals surface area contributed by atoms with Crippen molar-refractivity contribution in [1.29, 1.82) is 0 Å². The van der Waals surface area contributed by atoms with Crippen molar-refractivity contribution in [2.75, 3.05) is 22.2 Å². The Balaban J connectivity index is 1.52. The number of amides is 1. The van der Waals surface area contributed by atoms with Crippen LogP contribution in [-0.4, -0.2) is 28.8 Å². The maximum atomic E-state index is 12.4. The van der Waals surface area contributed by atoms with E-state index < -0.39 is 0 Å². The van der Waals surface area contributed by atoms with E-state index in [0.717, 1.165) is 17.1 Å². The molecule has 29 heavy (non-hydrogen) atoms. The number of anilines is 4. The maximum Gasteiger partial charge on any atom is 0.255 e. The molecule has 0 aliphatic carbocycles. The van der Waals surface area contributed by atoms with Crippen molar-refractivity contribution in [3.8, 4) is 0 Å². The summed E-state index contributed by atoms with van der Waals surface area (Å²) in [5, 5.41) is 6.16. The van der Waals surface area contributed by atoms with Gasteiger partial charge in [-0.1, -0.05) is 24.3 Å². The highest BCUT2D eigenvalue weighted by atomic mass is 16.1. The highest BCUT2D eigenvalue weighted by Gasteiger charge is 2.10. The molecule has 0 saturated carbocycles. The zero-order valence-corrected chi connectivity index (χ0v) is 15.9. The standard InChI is InChI=1S/C22H20N6O/c1-16-8-9-18(25-21(29)17-6-3-2-4-7-17)14-19(16)26-22-24-12-10-20(27-22)28-13-5-11-23-15-28/h2-14H,15H2,1H3,(H,25,29)(H,24,26,27). The predicted octanol–water partition coefficient (Wildman–Crippen LogP) is 4.14. The first-order valence-electron chi connectivity index (χ1n) is 9.19. The summed E-state index contributed by atoms with van der Waals surface area (Å²) in [5.74, 6) is 1.07. The SMILES string of the molecule is Cc1ccc(NC(=O)c2ccccc2)cc1Nc1nccc(N2C=CC=NC2)n1. The smallest absolute Gasteiger partial charge is 0.255 e. The molecule has 4 rings (SSSR count). The van der Waals surface area contributed by atoms with Crippen molar-refractivity contribution in [2.45, 2.75) is 6.92 Å². The Labute approximate surface area is 168 Å². The number of hydrogen-bond acceptors (Lipinski definition) is 6. The lowest BCUT2D eigenvalue weighted by Crippen LogP contribution is -2.20. The van der Waals surface area contributed by atoms with E-state index in [2.05, 4.69) is 25.6 Å². The molecule has 0 spiro atoms. The van der Waals surface area contributed by atoms with Gasteiger partial charge in [-0.3, -0.25) is 9.79 Å². The summed E-state index contributed by atoms with van der Waals surface area (Å²) in [6.45, 7) is 2.50. The zero-order valence-electron chi connectivity index (χ0n) is 15.9. The highest BCUT2D eigenvalue weighted by Crippen LogP contribution is 2.24. The van der Waals surface area contributed by atoms with Crippen LogP contribution in [0.15, 0.2) is 78.1 Å². The second-order valence-corrected chi connectivity index (χ2v) is 6.50. The Morgan fingerprint density at radius 1 is 1.10 bits per heavy atom. The summed E-state index contributed by atoms with van der Waals surface area (Å²) >= 11 is 0. The van der Waals surface area contributed by atoms with Crippen LogP contribution >= 0.6 is 0 Å². The fourth-order valence-corrected chi connectivity index (χ4v) is 2.85. The van der Waals surface area contributed by atoms with Gasteiger partial charge in [0.25, 0.3) is 5.91 Å². The molecule has 7 heteroatoms. The first-order valence-corrected chi connectivity index (χ1v) is 9.19. The second-order valence-electron chi connectivity index (χ2n) is 6.50. The van der Waals surface area contributed by atoms with Gasteiger partial charge in [0.15, 0.2) is 0 Å². The minimum absolute atomic E-state index is 0.156. The van der Waals surface area contributed by atoms with Crippen molar-refractivity contribution >= 4 is 35.3 Å². The van der Waals surface area contributed by atoms with Gasteiger partial charge in [0.1, 0.15) is 12.5 Å². The van der Waals surface area contributed by atoms with Gasteiger partial charge < -0.3 is 15.5 Å². The molecule has 1 aliphatic heterocycles. The third-order valence-electron chi connectivity index (χ3n) is 4.40. The summed E-state index contributed by atoms with van der Waals surface area (Å²) in [6, 6.07) is 16.6. The van der Waals surface area contributed by atoms with Crippen molar-refractivity contribution in [3.63, 3.8) is 0 Å². The summed E-state index contributed by atoms with van der Waals surface area (Å²) in [6.07, 6.45) is 7.24. The van der Waals surface area contributed by atoms with E-state index in [9.17, 15) is 4.79 Å². The first-order chi connectivity index (χ1) is 14.2. The van der Waals surface area contributed by atoms with Gasteiger partial charge in [0.05, 0.1) is 0 Å². The molecule has 0 saturated heterocycles. The fraction of sp³-hybridized carbons (Fsp3) is 0.0909. The lowest BCUT2D eigenvalue weighted by molar-refractivity contribution is 0.102. The average Bonchev–Trinajstić information content (AvgIpc) is 2.77. The monoisotopic (exact) mass is 384 g/mol. The average molecular weight is 384 g/mol. The molecule has 2 N–H and O–H groups in total. The molecule has 0 bridgehead atoms. The molecular weight excluding hydrogens is 364 g/mol. The van der Waals surface area contributed by atoms with E-state index in [4.69, 9.17) is 0 Å². The van der Waals surface area contributed by atoms with Crippen LogP contribution in [0.3, 0.4) is 0 Å². The minimum Gasteiger partial charge on any atom is -0.324 e. The summed E-state index contributed by atoms with van der Waals surface area (Å²) in [7, 11) is 0. The van der Waals surface area contributed by atoms with Gasteiger partial charge in [-0.25, -0.2) is 4.98 Å². The van der Waals surface area contributed by atoms with Crippen LogP contribution in [0.1, 0.15) is 15.9 Å². The molecule has 7 nitrogen and oxygen atoms in total. The van der Waals surface area contributed by atoms with Gasteiger partial charge >= 0.3 is 0 Å². The number of nitrogens with one attached hydrogen (secondary N) is 2. The molecule has 0 radical (unpaired) electrons. The van der Waals surface area contributed by atoms with E-state index in [0.29, 0.717) is 23.9 Å². The van der Waals surface area contributed by atoms with E-state index in [1.807, 2.05) is 66.6 Å². The Morgan fingerprint density at radius 3 is 2.76 bits per heavy atom. The van der Waals surface area contributed by atoms with Crippen LogP contribution in [0.5, 0.6) is 0 Å². The van der Waals surface area contributed by atoms with Gasteiger partial charge in [-0.05, 0) is 48.9 Å². The van der Waals surface area contributed by atoms with Gasteiger partial charge in [-0.2, -0.15) is 4.98 Å². The first kappa shape index (κ1) is 18.4. The molecule has 0 atom stereocenters. The topological polar surface area (TPSA) is 82.5 Å². The Kier molecular flexibility index (Phi) is 5.29. The van der Waals surface area contributed by atoms with E-state index in [1.165, 1.54) is 0 Å². The van der Waals surface area contributed by atoms with Crippen LogP contribution < -0.4 is 15.5 Å². The number of aliphatic imine (C=N–C) groups is 1. The van der Waals surface area contributed by atoms with Crippen molar-refractivity contribution in [3.05, 3.63) is 84.2 Å². The molecule has 2 aromatic carbocycles. The van der Waals surface area contributed by atoms with E-state index in [1.54, 1.807) is 24.5 Å². The maximum absolute atomic E-state index is 12.4. The number of hydrogen-bond donors (Lipinski definition) is 2. The van der Waals surface area contributed by atoms with Crippen molar-refractivity contribution < 1.29 is 4.79 Å². The third kappa shape index (κ3) is 4.47. The van der Waals surface area contributed by atoms with Gasteiger partial charge in [0.2, 0.25) is 5.95 Å². The Bertz CT molecular complexity index is 1080. The second kappa shape index (κ2) is 8.35. The van der Waals surface area contributed by atoms with Crippen molar-refractivity contribution in [2.24, 2.45) is 4.99 Å². The van der Waals surface area contributed by atoms with Crippen molar-refractivity contribution in [1.82, 2.24) is 9.97 Å². The number of nitrogens with zero attached hydrogens (tertiary/aromatic N) is 4. The molecule has 144 valence electrons. The van der Waals surface area contributed by atoms with E-state index in [-0.39, 0.29) is 5.91 Å². The zero-order chi connectivity index (χ0) is 20.1. The minimum atomic E-state index is -0.156. The number of aromatic nitrogens is 2. The highest BCUT2D eigenvalue weighted by molar-refractivity contribution is 6.04. The predicted molar refractivity (Wildman–Crippen MR) is 116 cm³/mol. The van der Waals surface area contributed by atoms with Crippen LogP contribution in [0, 0.1) is 6.92 Å². The number of benzene rings is 2. The van der Waals surface area contributed by atoms with Crippen LogP contribution in [0.4, 0.5) is 23.1 Å². The third-order valence-corrected chi connectivity index (χ3v) is 4.40. The molecular formula is C22H20N6O. The normalized spacial score (nSPS) is 12.7. The lowest BCUT2D eigenvalue weighted by atomic mass is 10.1. The molecule has 0 unspecified atom stereocenters. The Morgan fingerprint density at radius 2 is 1.97 bits per heavy atom. The number of rotatable bonds is 5. The molecule has 1 aromatic heterocycles. The van der Waals surface area contributed by atoms with Crippen LogP contribution in [0.25, 0.3) is 0 Å². The molecule has 0 fully saturated rings. The number of carbonyl (C=O) groups excluding carboxylic acids is 1. The number of allylic oxidation sites excluding steroid dienone is 1. The molecule has 2 heterocycles. The lowest BCUT2D eigenvalue weighted by Gasteiger charge is -2.19. The fourth-order valence-electron chi connectivity index (χ4n) is 2.85. The molecule has 1 amide bonds. The number of carbonyl (C=O) groups is 1. The quantitative estimate of drug-likeness (QED) is 0.691. The summed E-state index contributed by atoms with van der Waals surface area (Å²) in [4.78, 5) is 27.4. The van der Waals surface area contributed by atoms with Gasteiger partial charge in [0, 0.05) is 35.5 Å². The largest absolute Gasteiger partial charge is 0.324 e. The number of aryl methyl sites for hydroxylation is 1. The van der Waals surface area contributed by atoms with Gasteiger partial charge in [-0.15, -0.1) is 0 Å². The Hall–Kier alpha value is -4.00. The summed E-state index contributed by atoms with van der Waals surface area (Å²) < 4.78 is 0. The van der Waals surface area contributed by atoms with E-state index >= 15 is 0 Å². The summed E-state index contributed by atoms with van der Waals surface area (Å²) in [5.41, 5.74) is 3.13.